The normalized spacial score (nSPS) is 19.9. The Kier molecular flexibility index (Phi) is 8.80. The zero-order chi connectivity index (χ0) is 28.6. The minimum Gasteiger partial charge on any atom is -0.355 e. The van der Waals surface area contributed by atoms with Crippen LogP contribution in [0, 0.1) is 17.8 Å². The van der Waals surface area contributed by atoms with Gasteiger partial charge in [-0.3, -0.25) is 0 Å². The zero-order valence-corrected chi connectivity index (χ0v) is 24.6. The van der Waals surface area contributed by atoms with E-state index < -0.39 is 17.9 Å². The number of rotatable bonds is 9. The molecule has 3 aromatic rings. The lowest BCUT2D eigenvalue weighted by Crippen LogP contribution is -2.54. The van der Waals surface area contributed by atoms with Crippen LogP contribution in [0.4, 0.5) is 19.0 Å². The number of benzene rings is 1. The van der Waals surface area contributed by atoms with Crippen molar-refractivity contribution in [3.8, 4) is 0 Å². The molecule has 0 bridgehead atoms. The number of anilines is 1. The van der Waals surface area contributed by atoms with Crippen LogP contribution >= 0.6 is 23.2 Å². The van der Waals surface area contributed by atoms with E-state index in [1.807, 2.05) is 0 Å². The molecule has 2 fully saturated rings. The second-order valence-electron chi connectivity index (χ2n) is 11.5. The predicted octanol–water partition coefficient (Wildman–Crippen LogP) is 6.16. The molecule has 0 saturated carbocycles. The third-order valence-electron chi connectivity index (χ3n) is 8.04. The highest BCUT2D eigenvalue weighted by molar-refractivity contribution is 6.35. The van der Waals surface area contributed by atoms with Crippen molar-refractivity contribution in [3.63, 3.8) is 0 Å². The van der Waals surface area contributed by atoms with E-state index in [0.29, 0.717) is 39.2 Å². The van der Waals surface area contributed by atoms with E-state index in [2.05, 4.69) is 44.0 Å². The van der Waals surface area contributed by atoms with E-state index in [4.69, 9.17) is 23.2 Å². The van der Waals surface area contributed by atoms with Crippen LogP contribution in [0.1, 0.15) is 50.9 Å². The molecule has 2 aromatic heterocycles. The van der Waals surface area contributed by atoms with Crippen LogP contribution in [0.3, 0.4) is 0 Å². The van der Waals surface area contributed by atoms with Crippen LogP contribution in [0.2, 0.25) is 10.0 Å². The number of alkyl halides is 3. The first-order valence-corrected chi connectivity index (χ1v) is 14.7. The summed E-state index contributed by atoms with van der Waals surface area (Å²) in [5.74, 6) is 2.36. The van der Waals surface area contributed by atoms with Gasteiger partial charge in [0, 0.05) is 42.8 Å². The van der Waals surface area contributed by atoms with Crippen molar-refractivity contribution >= 4 is 40.2 Å². The molecule has 218 valence electrons. The molecular weight excluding hydrogens is 562 g/mol. The number of fused-ring (bicyclic) bond motifs is 1. The zero-order valence-electron chi connectivity index (χ0n) is 23.1. The third kappa shape index (κ3) is 6.35. The molecule has 2 saturated heterocycles. The Hall–Kier alpha value is -2.14. The van der Waals surface area contributed by atoms with Crippen molar-refractivity contribution in [2.24, 2.45) is 17.8 Å². The lowest BCUT2D eigenvalue weighted by molar-refractivity contribution is -0.140. The molecule has 12 heteroatoms. The van der Waals surface area contributed by atoms with Gasteiger partial charge in [-0.2, -0.15) is 18.3 Å². The first-order chi connectivity index (χ1) is 19.0. The predicted molar refractivity (Wildman–Crippen MR) is 153 cm³/mol. The second kappa shape index (κ2) is 12.0. The second-order valence-corrected chi connectivity index (χ2v) is 12.3. The Labute approximate surface area is 243 Å². The van der Waals surface area contributed by atoms with Gasteiger partial charge in [0.2, 0.25) is 0 Å². The number of nitrogens with one attached hydrogen (secondary N) is 1. The van der Waals surface area contributed by atoms with Gasteiger partial charge in [-0.25, -0.2) is 14.6 Å². The van der Waals surface area contributed by atoms with Crippen molar-refractivity contribution < 1.29 is 13.2 Å². The van der Waals surface area contributed by atoms with Crippen LogP contribution in [-0.4, -0.2) is 70.5 Å². The maximum absolute atomic E-state index is 13.9. The number of likely N-dealkylation sites (tertiary alicyclic amines) is 1. The summed E-state index contributed by atoms with van der Waals surface area (Å²) in [6, 6.07) is 4.31. The molecule has 40 heavy (non-hydrogen) atoms. The number of nitrogens with zero attached hydrogens (tertiary/aromatic N) is 6. The van der Waals surface area contributed by atoms with Gasteiger partial charge in [0.25, 0.3) is 0 Å². The fraction of sp³-hybridized carbons (Fsp3) is 0.607. The summed E-state index contributed by atoms with van der Waals surface area (Å²) < 4.78 is 42.9. The van der Waals surface area contributed by atoms with E-state index >= 15 is 0 Å². The highest BCUT2D eigenvalue weighted by atomic mass is 35.5. The summed E-state index contributed by atoms with van der Waals surface area (Å²) in [4.78, 5) is 13.5. The van der Waals surface area contributed by atoms with Gasteiger partial charge in [0.05, 0.1) is 12.2 Å². The van der Waals surface area contributed by atoms with Gasteiger partial charge in [-0.05, 0) is 68.3 Å². The topological polar surface area (TPSA) is 62.1 Å². The van der Waals surface area contributed by atoms with Crippen LogP contribution in [0.15, 0.2) is 24.4 Å². The highest BCUT2D eigenvalue weighted by Gasteiger charge is 2.40. The van der Waals surface area contributed by atoms with E-state index in [1.54, 1.807) is 25.1 Å². The summed E-state index contributed by atoms with van der Waals surface area (Å²) in [7, 11) is 0. The Bertz CT molecular complexity index is 1320. The first kappa shape index (κ1) is 29.4. The quantitative estimate of drug-likeness (QED) is 0.298. The fourth-order valence-electron chi connectivity index (χ4n) is 5.79. The molecule has 1 aromatic carbocycles. The number of piperidine rings is 1. The Balaban J connectivity index is 1.31. The molecule has 0 radical (unpaired) electrons. The highest BCUT2D eigenvalue weighted by Crippen LogP contribution is 2.38. The summed E-state index contributed by atoms with van der Waals surface area (Å²) >= 11 is 12.4. The van der Waals surface area contributed by atoms with Gasteiger partial charge in [-0.15, -0.1) is 0 Å². The first-order valence-electron chi connectivity index (χ1n) is 14.0. The maximum atomic E-state index is 13.9. The average molecular weight is 599 g/mol. The number of aromatic nitrogens is 4. The summed E-state index contributed by atoms with van der Waals surface area (Å²) in [6.07, 6.45) is -0.822. The van der Waals surface area contributed by atoms with Crippen molar-refractivity contribution in [1.82, 2.24) is 30.0 Å². The van der Waals surface area contributed by atoms with Gasteiger partial charge < -0.3 is 15.1 Å². The summed E-state index contributed by atoms with van der Waals surface area (Å²) in [5.41, 5.74) is -0.629. The Morgan fingerprint density at radius 3 is 2.58 bits per heavy atom. The number of hydrogen-bond donors (Lipinski definition) is 1. The van der Waals surface area contributed by atoms with Gasteiger partial charge in [-0.1, -0.05) is 43.1 Å². The largest absolute Gasteiger partial charge is 0.437 e. The van der Waals surface area contributed by atoms with E-state index in [1.165, 1.54) is 23.7 Å². The monoisotopic (exact) mass is 597 g/mol. The van der Waals surface area contributed by atoms with Crippen LogP contribution in [0.5, 0.6) is 0 Å². The van der Waals surface area contributed by atoms with Crippen molar-refractivity contribution in [3.05, 3.63) is 45.7 Å². The molecule has 5 rings (SSSR count). The van der Waals surface area contributed by atoms with Crippen molar-refractivity contribution in [2.45, 2.75) is 45.8 Å². The smallest absolute Gasteiger partial charge is 0.355 e. The molecule has 1 N–H and O–H groups in total. The van der Waals surface area contributed by atoms with Crippen molar-refractivity contribution in [2.75, 3.05) is 50.7 Å². The van der Waals surface area contributed by atoms with Gasteiger partial charge in [0.1, 0.15) is 11.3 Å². The van der Waals surface area contributed by atoms with Crippen molar-refractivity contribution in [1.29, 1.82) is 0 Å². The number of hydrogen-bond acceptors (Lipinski definition) is 6. The lowest BCUT2D eigenvalue weighted by Gasteiger charge is -2.47. The lowest BCUT2D eigenvalue weighted by atomic mass is 9.80. The summed E-state index contributed by atoms with van der Waals surface area (Å²) in [6.45, 7) is 13.1. The minimum absolute atomic E-state index is 0.0875. The van der Waals surface area contributed by atoms with Gasteiger partial charge in [0.15, 0.2) is 11.3 Å². The molecule has 4 heterocycles. The molecule has 2 unspecified atom stereocenters. The van der Waals surface area contributed by atoms with E-state index in [-0.39, 0.29) is 11.2 Å². The van der Waals surface area contributed by atoms with Crippen LogP contribution < -0.4 is 10.2 Å². The number of halogens is 5. The third-order valence-corrected chi connectivity index (χ3v) is 8.60. The van der Waals surface area contributed by atoms with E-state index in [9.17, 15) is 13.2 Å². The van der Waals surface area contributed by atoms with E-state index in [0.717, 1.165) is 45.8 Å². The summed E-state index contributed by atoms with van der Waals surface area (Å²) in [5, 5.41) is 8.25. The molecule has 0 amide bonds. The minimum atomic E-state index is -4.66. The molecule has 7 nitrogen and oxygen atoms in total. The molecular formula is C28H36Cl2F3N7. The molecule has 2 atom stereocenters. The van der Waals surface area contributed by atoms with Crippen LogP contribution in [-0.2, 0) is 6.18 Å². The SMILES string of the molecule is CC(C)CNCCN1CCCC(C2CN(c3cnc4c(C(F)(F)F)nn(C(C)c5ccc(Cl)cc5Cl)c4n3)C2)C1. The molecule has 0 spiro atoms. The van der Waals surface area contributed by atoms with Crippen LogP contribution in [0.25, 0.3) is 11.2 Å². The molecule has 2 aliphatic heterocycles. The van der Waals surface area contributed by atoms with Gasteiger partial charge >= 0.3 is 6.18 Å². The fourth-order valence-corrected chi connectivity index (χ4v) is 6.36. The Morgan fingerprint density at radius 2 is 1.88 bits per heavy atom. The maximum Gasteiger partial charge on any atom is 0.437 e. The average Bonchev–Trinajstić information content (AvgIpc) is 3.25. The molecule has 0 aliphatic carbocycles. The molecule has 2 aliphatic rings. The Morgan fingerprint density at radius 1 is 1.10 bits per heavy atom. The standard InChI is InChI=1S/C28H36Cl2F3N7/c1-17(2)12-34-8-10-38-9-4-5-19(14-38)20-15-39(16-20)24-13-35-25-26(28(31,32)33)37-40(27(25)36-24)18(3)22-7-6-21(29)11-23(22)30/h6-7,11,13,17-20,34H,4-5,8-10,12,14-16H2,1-3H3.